The number of ether oxygens (including phenoxy) is 3. The van der Waals surface area contributed by atoms with Crippen molar-refractivity contribution >= 4 is 45.2 Å². The van der Waals surface area contributed by atoms with Crippen LogP contribution < -0.4 is 10.1 Å². The largest absolute Gasteiger partial charge is 0.495 e. The number of nitrogens with one attached hydrogen (secondary N) is 1. The van der Waals surface area contributed by atoms with Gasteiger partial charge in [0.15, 0.2) is 0 Å². The Morgan fingerprint density at radius 1 is 1.00 bits per heavy atom. The molecule has 0 saturated carbocycles. The molecule has 1 fully saturated rings. The number of sulfonamides is 1. The van der Waals surface area contributed by atoms with Gasteiger partial charge in [0.05, 0.1) is 48.3 Å². The van der Waals surface area contributed by atoms with Gasteiger partial charge in [-0.1, -0.05) is 11.6 Å². The number of piperidine rings is 1. The van der Waals surface area contributed by atoms with E-state index in [-0.39, 0.29) is 39.8 Å². The minimum Gasteiger partial charge on any atom is -0.495 e. The normalized spacial score (nSPS) is 16.3. The predicted molar refractivity (Wildman–Crippen MR) is 127 cm³/mol. The van der Waals surface area contributed by atoms with Gasteiger partial charge in [0, 0.05) is 18.8 Å². The van der Waals surface area contributed by atoms with E-state index in [4.69, 9.17) is 25.8 Å². The number of carbonyl (C=O) groups excluding carboxylic acids is 3. The molecule has 3 rings (SSSR count). The summed E-state index contributed by atoms with van der Waals surface area (Å²) < 4.78 is 42.0. The SMILES string of the molecule is COC(=O)c1cc(NC(=O)[C@H]2CCCN(S(=O)(=O)c3ccc(OC)c(Cl)c3)C2)cc(C(=O)OC)c1. The molecule has 1 aliphatic rings. The third-order valence-electron chi connectivity index (χ3n) is 5.56. The van der Waals surface area contributed by atoms with Crippen molar-refractivity contribution in [3.63, 3.8) is 0 Å². The van der Waals surface area contributed by atoms with E-state index in [2.05, 4.69) is 5.32 Å². The fourth-order valence-electron chi connectivity index (χ4n) is 3.75. The Hall–Kier alpha value is -3.15. The van der Waals surface area contributed by atoms with Crippen molar-refractivity contribution in [3.05, 3.63) is 52.5 Å². The van der Waals surface area contributed by atoms with Crippen LogP contribution in [0.1, 0.15) is 33.6 Å². The van der Waals surface area contributed by atoms with E-state index in [9.17, 15) is 22.8 Å². The minimum absolute atomic E-state index is 0.00198. The van der Waals surface area contributed by atoms with E-state index < -0.39 is 33.8 Å². The summed E-state index contributed by atoms with van der Waals surface area (Å²) in [7, 11) is -0.0859. The van der Waals surface area contributed by atoms with Gasteiger partial charge in [0.25, 0.3) is 0 Å². The van der Waals surface area contributed by atoms with E-state index >= 15 is 0 Å². The number of methoxy groups -OCH3 is 3. The summed E-state index contributed by atoms with van der Waals surface area (Å²) in [6.45, 7) is 0.207. The standard InChI is InChI=1S/C23H25ClN2O8S/c1-32-20-7-6-18(12-19(20)24)35(30,31)26-8-4-5-14(13-26)21(27)25-17-10-15(22(28)33-2)9-16(11-17)23(29)34-3/h6-7,9-12,14H,4-5,8,13H2,1-3H3,(H,25,27)/t14-/m0/s1. The lowest BCUT2D eigenvalue weighted by molar-refractivity contribution is -0.120. The van der Waals surface area contributed by atoms with Gasteiger partial charge in [0.2, 0.25) is 15.9 Å². The van der Waals surface area contributed by atoms with Gasteiger partial charge in [0.1, 0.15) is 5.75 Å². The van der Waals surface area contributed by atoms with E-state index in [1.807, 2.05) is 0 Å². The predicted octanol–water partition coefficient (Wildman–Crippen LogP) is 2.96. The summed E-state index contributed by atoms with van der Waals surface area (Å²) >= 11 is 6.10. The average molecular weight is 525 g/mol. The monoisotopic (exact) mass is 524 g/mol. The first-order valence-corrected chi connectivity index (χ1v) is 12.4. The Bertz CT molecular complexity index is 1210. The maximum Gasteiger partial charge on any atom is 0.337 e. The Morgan fingerprint density at radius 3 is 2.17 bits per heavy atom. The quantitative estimate of drug-likeness (QED) is 0.547. The van der Waals surface area contributed by atoms with E-state index in [0.717, 1.165) is 0 Å². The number of nitrogens with zero attached hydrogens (tertiary/aromatic N) is 1. The summed E-state index contributed by atoms with van der Waals surface area (Å²) in [5.41, 5.74) is 0.282. The maximum atomic E-state index is 13.2. The molecule has 1 aliphatic heterocycles. The Morgan fingerprint density at radius 2 is 1.63 bits per heavy atom. The van der Waals surface area contributed by atoms with Crippen LogP contribution in [0.5, 0.6) is 5.75 Å². The van der Waals surface area contributed by atoms with Gasteiger partial charge in [-0.05, 0) is 49.2 Å². The second-order valence-electron chi connectivity index (χ2n) is 7.77. The van der Waals surface area contributed by atoms with Crippen molar-refractivity contribution in [2.45, 2.75) is 17.7 Å². The molecular formula is C23H25ClN2O8S. The molecule has 1 amide bonds. The second-order valence-corrected chi connectivity index (χ2v) is 10.1. The third-order valence-corrected chi connectivity index (χ3v) is 7.72. The molecule has 0 aliphatic carbocycles. The van der Waals surface area contributed by atoms with Crippen LogP contribution in [0.3, 0.4) is 0 Å². The minimum atomic E-state index is -3.90. The smallest absolute Gasteiger partial charge is 0.337 e. The topological polar surface area (TPSA) is 128 Å². The van der Waals surface area contributed by atoms with Crippen LogP contribution in [-0.4, -0.2) is 65.0 Å². The van der Waals surface area contributed by atoms with Crippen LogP contribution >= 0.6 is 11.6 Å². The number of hydrogen-bond acceptors (Lipinski definition) is 8. The molecule has 0 unspecified atom stereocenters. The second kappa shape index (κ2) is 11.1. The van der Waals surface area contributed by atoms with Crippen LogP contribution in [0.2, 0.25) is 5.02 Å². The number of benzene rings is 2. The highest BCUT2D eigenvalue weighted by atomic mass is 35.5. The van der Waals surface area contributed by atoms with E-state index in [0.29, 0.717) is 18.6 Å². The van der Waals surface area contributed by atoms with Crippen molar-refractivity contribution in [2.24, 2.45) is 5.92 Å². The summed E-state index contributed by atoms with van der Waals surface area (Å²) in [5, 5.41) is 2.83. The van der Waals surface area contributed by atoms with Gasteiger partial charge in [-0.25, -0.2) is 18.0 Å². The summed E-state index contributed by atoms with van der Waals surface area (Å²) in [4.78, 5) is 37.0. The van der Waals surface area contributed by atoms with Gasteiger partial charge < -0.3 is 19.5 Å². The molecule has 0 aromatic heterocycles. The average Bonchev–Trinajstić information content (AvgIpc) is 2.87. The van der Waals surface area contributed by atoms with Gasteiger partial charge in [-0.2, -0.15) is 4.31 Å². The summed E-state index contributed by atoms with van der Waals surface area (Å²) in [6.07, 6.45) is 0.929. The third kappa shape index (κ3) is 5.92. The molecule has 1 N–H and O–H groups in total. The molecule has 1 heterocycles. The molecule has 0 spiro atoms. The van der Waals surface area contributed by atoms with Crippen LogP contribution in [0.4, 0.5) is 5.69 Å². The molecule has 12 heteroatoms. The molecule has 0 radical (unpaired) electrons. The first kappa shape index (κ1) is 26.5. The first-order chi connectivity index (χ1) is 16.6. The number of hydrogen-bond donors (Lipinski definition) is 1. The molecule has 1 saturated heterocycles. The van der Waals surface area contributed by atoms with Crippen LogP contribution in [0.25, 0.3) is 0 Å². The summed E-state index contributed by atoms with van der Waals surface area (Å²) in [5.74, 6) is -2.15. The molecule has 2 aromatic rings. The number of anilines is 1. The zero-order chi connectivity index (χ0) is 25.8. The van der Waals surface area contributed by atoms with Gasteiger partial charge in [-0.15, -0.1) is 0 Å². The lowest BCUT2D eigenvalue weighted by Crippen LogP contribution is -2.43. The van der Waals surface area contributed by atoms with Crippen molar-refractivity contribution in [1.82, 2.24) is 4.31 Å². The van der Waals surface area contributed by atoms with E-state index in [1.54, 1.807) is 0 Å². The zero-order valence-electron chi connectivity index (χ0n) is 19.4. The number of esters is 2. The number of rotatable bonds is 7. The summed E-state index contributed by atoms with van der Waals surface area (Å²) in [6, 6.07) is 8.21. The Balaban J connectivity index is 1.80. The lowest BCUT2D eigenvalue weighted by atomic mass is 9.98. The molecular weight excluding hydrogens is 500 g/mol. The highest BCUT2D eigenvalue weighted by Crippen LogP contribution is 2.30. The molecule has 10 nitrogen and oxygen atoms in total. The number of amides is 1. The number of halogens is 1. The Kier molecular flexibility index (Phi) is 8.36. The van der Waals surface area contributed by atoms with Crippen molar-refractivity contribution in [3.8, 4) is 5.75 Å². The van der Waals surface area contributed by atoms with Crippen LogP contribution in [0.15, 0.2) is 41.3 Å². The van der Waals surface area contributed by atoms with Gasteiger partial charge >= 0.3 is 11.9 Å². The fraction of sp³-hybridized carbons (Fsp3) is 0.348. The fourth-order valence-corrected chi connectivity index (χ4v) is 5.62. The van der Waals surface area contributed by atoms with Crippen molar-refractivity contribution < 1.29 is 37.0 Å². The molecule has 35 heavy (non-hydrogen) atoms. The van der Waals surface area contributed by atoms with Gasteiger partial charge in [-0.3, -0.25) is 4.79 Å². The van der Waals surface area contributed by atoms with Crippen molar-refractivity contribution in [1.29, 1.82) is 0 Å². The molecule has 0 bridgehead atoms. The lowest BCUT2D eigenvalue weighted by Gasteiger charge is -2.31. The highest BCUT2D eigenvalue weighted by molar-refractivity contribution is 7.89. The highest BCUT2D eigenvalue weighted by Gasteiger charge is 2.34. The molecule has 2 aromatic carbocycles. The van der Waals surface area contributed by atoms with Crippen LogP contribution in [-0.2, 0) is 24.3 Å². The molecule has 188 valence electrons. The molecule has 1 atom stereocenters. The Labute approximate surface area is 208 Å². The van der Waals surface area contributed by atoms with Crippen molar-refractivity contribution in [2.75, 3.05) is 39.7 Å². The van der Waals surface area contributed by atoms with E-state index in [1.165, 1.54) is 62.0 Å². The first-order valence-electron chi connectivity index (χ1n) is 10.6. The maximum absolute atomic E-state index is 13.2. The number of carbonyl (C=O) groups is 3. The zero-order valence-corrected chi connectivity index (χ0v) is 20.9. The van der Waals surface area contributed by atoms with Crippen LogP contribution in [0, 0.1) is 5.92 Å².